The minimum atomic E-state index is 0.199. The Morgan fingerprint density at radius 3 is 3.00 bits per heavy atom. The average molecular weight is 176 g/mol. The van der Waals surface area contributed by atoms with Crippen LogP contribution in [-0.4, -0.2) is 18.0 Å². The van der Waals surface area contributed by atoms with Gasteiger partial charge < -0.3 is 5.73 Å². The standard InChI is InChI=1S/C11H16N2/c1-2-13-7-9-5-3-4-6-10(9)11(12)8-13/h3-6,11H,2,7-8,12H2,1H3/t11-/m1/s1. The fraction of sp³-hybridized carbons (Fsp3) is 0.455. The molecule has 1 aromatic carbocycles. The molecule has 0 spiro atoms. The minimum Gasteiger partial charge on any atom is -0.323 e. The van der Waals surface area contributed by atoms with Gasteiger partial charge >= 0.3 is 0 Å². The summed E-state index contributed by atoms with van der Waals surface area (Å²) in [6.07, 6.45) is 0. The molecule has 0 aliphatic carbocycles. The molecule has 2 N–H and O–H groups in total. The number of benzene rings is 1. The van der Waals surface area contributed by atoms with Crippen molar-refractivity contribution < 1.29 is 0 Å². The zero-order chi connectivity index (χ0) is 9.26. The maximum absolute atomic E-state index is 6.07. The zero-order valence-electron chi connectivity index (χ0n) is 8.03. The molecule has 1 aliphatic rings. The van der Waals surface area contributed by atoms with Gasteiger partial charge in [-0.1, -0.05) is 31.2 Å². The van der Waals surface area contributed by atoms with Crippen LogP contribution in [0.4, 0.5) is 0 Å². The van der Waals surface area contributed by atoms with Crippen molar-refractivity contribution in [1.82, 2.24) is 4.90 Å². The van der Waals surface area contributed by atoms with Crippen molar-refractivity contribution in [2.24, 2.45) is 5.73 Å². The van der Waals surface area contributed by atoms with Crippen molar-refractivity contribution >= 4 is 0 Å². The van der Waals surface area contributed by atoms with Gasteiger partial charge in [-0.05, 0) is 17.7 Å². The van der Waals surface area contributed by atoms with Crippen molar-refractivity contribution in [1.29, 1.82) is 0 Å². The lowest BCUT2D eigenvalue weighted by atomic mass is 9.96. The molecule has 0 saturated heterocycles. The van der Waals surface area contributed by atoms with E-state index in [1.165, 1.54) is 11.1 Å². The van der Waals surface area contributed by atoms with Crippen LogP contribution in [0.1, 0.15) is 24.1 Å². The van der Waals surface area contributed by atoms with Crippen LogP contribution in [0.15, 0.2) is 24.3 Å². The summed E-state index contributed by atoms with van der Waals surface area (Å²) in [6, 6.07) is 8.68. The second-order valence-corrected chi connectivity index (χ2v) is 3.63. The monoisotopic (exact) mass is 176 g/mol. The Morgan fingerprint density at radius 2 is 2.23 bits per heavy atom. The molecule has 0 amide bonds. The third-order valence-corrected chi connectivity index (χ3v) is 2.75. The van der Waals surface area contributed by atoms with E-state index in [1.807, 2.05) is 0 Å². The molecule has 0 bridgehead atoms. The molecule has 0 radical (unpaired) electrons. The van der Waals surface area contributed by atoms with Gasteiger partial charge in [0.25, 0.3) is 0 Å². The zero-order valence-corrected chi connectivity index (χ0v) is 8.03. The highest BCUT2D eigenvalue weighted by Crippen LogP contribution is 2.23. The van der Waals surface area contributed by atoms with E-state index in [9.17, 15) is 0 Å². The number of hydrogen-bond donors (Lipinski definition) is 1. The van der Waals surface area contributed by atoms with Crippen molar-refractivity contribution in [3.8, 4) is 0 Å². The van der Waals surface area contributed by atoms with Crippen molar-refractivity contribution in [2.75, 3.05) is 13.1 Å². The Kier molecular flexibility index (Phi) is 2.34. The van der Waals surface area contributed by atoms with Gasteiger partial charge in [0.1, 0.15) is 0 Å². The first-order chi connectivity index (χ1) is 6.31. The predicted octanol–water partition coefficient (Wildman–Crippen LogP) is 1.52. The van der Waals surface area contributed by atoms with Crippen LogP contribution >= 0.6 is 0 Å². The third-order valence-electron chi connectivity index (χ3n) is 2.75. The smallest absolute Gasteiger partial charge is 0.0427 e. The fourth-order valence-corrected chi connectivity index (χ4v) is 1.96. The van der Waals surface area contributed by atoms with E-state index in [0.29, 0.717) is 0 Å². The molecule has 0 saturated carbocycles. The highest BCUT2D eigenvalue weighted by atomic mass is 15.1. The lowest BCUT2D eigenvalue weighted by Gasteiger charge is -2.31. The molecule has 1 aromatic rings. The molecule has 1 aliphatic heterocycles. The predicted molar refractivity (Wildman–Crippen MR) is 54.3 cm³/mol. The number of hydrogen-bond acceptors (Lipinski definition) is 2. The van der Waals surface area contributed by atoms with Crippen LogP contribution < -0.4 is 5.73 Å². The second kappa shape index (κ2) is 3.48. The topological polar surface area (TPSA) is 29.3 Å². The largest absolute Gasteiger partial charge is 0.323 e. The molecule has 1 atom stereocenters. The van der Waals surface area contributed by atoms with Crippen LogP contribution in [0.25, 0.3) is 0 Å². The quantitative estimate of drug-likeness (QED) is 0.703. The van der Waals surface area contributed by atoms with Gasteiger partial charge in [-0.3, -0.25) is 4.90 Å². The Morgan fingerprint density at radius 1 is 1.46 bits per heavy atom. The summed E-state index contributed by atoms with van der Waals surface area (Å²) >= 11 is 0. The van der Waals surface area contributed by atoms with Crippen LogP contribution in [0.2, 0.25) is 0 Å². The van der Waals surface area contributed by atoms with Gasteiger partial charge in [0.05, 0.1) is 0 Å². The van der Waals surface area contributed by atoms with Crippen molar-refractivity contribution in [3.63, 3.8) is 0 Å². The number of nitrogens with two attached hydrogens (primary N) is 1. The molecular weight excluding hydrogens is 160 g/mol. The van der Waals surface area contributed by atoms with E-state index < -0.39 is 0 Å². The maximum atomic E-state index is 6.07. The maximum Gasteiger partial charge on any atom is 0.0427 e. The van der Waals surface area contributed by atoms with E-state index in [-0.39, 0.29) is 6.04 Å². The molecule has 13 heavy (non-hydrogen) atoms. The number of likely N-dealkylation sites (N-methyl/N-ethyl adjacent to an activating group) is 1. The molecule has 1 heterocycles. The SMILES string of the molecule is CCN1Cc2ccccc2[C@H](N)C1. The first-order valence-corrected chi connectivity index (χ1v) is 4.87. The van der Waals surface area contributed by atoms with E-state index >= 15 is 0 Å². The molecule has 0 unspecified atom stereocenters. The normalized spacial score (nSPS) is 22.8. The Bertz CT molecular complexity index is 296. The third kappa shape index (κ3) is 1.60. The van der Waals surface area contributed by atoms with Crippen molar-refractivity contribution in [2.45, 2.75) is 19.5 Å². The highest BCUT2D eigenvalue weighted by Gasteiger charge is 2.20. The summed E-state index contributed by atoms with van der Waals surface area (Å²) in [5.41, 5.74) is 8.79. The van der Waals surface area contributed by atoms with Crippen molar-refractivity contribution in [3.05, 3.63) is 35.4 Å². The van der Waals surface area contributed by atoms with Gasteiger partial charge in [-0.15, -0.1) is 0 Å². The fourth-order valence-electron chi connectivity index (χ4n) is 1.96. The van der Waals surface area contributed by atoms with Gasteiger partial charge in [0.2, 0.25) is 0 Å². The second-order valence-electron chi connectivity index (χ2n) is 3.63. The summed E-state index contributed by atoms with van der Waals surface area (Å²) in [6.45, 7) is 5.32. The van der Waals surface area contributed by atoms with E-state index in [1.54, 1.807) is 0 Å². The molecular formula is C11H16N2. The number of rotatable bonds is 1. The summed E-state index contributed by atoms with van der Waals surface area (Å²) in [5, 5.41) is 0. The van der Waals surface area contributed by atoms with Crippen LogP contribution in [0.5, 0.6) is 0 Å². The van der Waals surface area contributed by atoms with Gasteiger partial charge in [-0.25, -0.2) is 0 Å². The summed E-state index contributed by atoms with van der Waals surface area (Å²) < 4.78 is 0. The first-order valence-electron chi connectivity index (χ1n) is 4.87. The molecule has 2 nitrogen and oxygen atoms in total. The van der Waals surface area contributed by atoms with Gasteiger partial charge in [0.15, 0.2) is 0 Å². The van der Waals surface area contributed by atoms with Crippen LogP contribution in [-0.2, 0) is 6.54 Å². The Balaban J connectivity index is 2.31. The molecule has 0 aromatic heterocycles. The molecule has 2 heteroatoms. The molecule has 2 rings (SSSR count). The van der Waals surface area contributed by atoms with E-state index in [4.69, 9.17) is 5.73 Å². The molecule has 70 valence electrons. The Hall–Kier alpha value is -0.860. The lowest BCUT2D eigenvalue weighted by molar-refractivity contribution is 0.243. The number of fused-ring (bicyclic) bond motifs is 1. The molecule has 0 fully saturated rings. The number of nitrogens with zero attached hydrogens (tertiary/aromatic N) is 1. The van der Waals surface area contributed by atoms with E-state index in [2.05, 4.69) is 36.1 Å². The van der Waals surface area contributed by atoms with Crippen LogP contribution in [0, 0.1) is 0 Å². The summed E-state index contributed by atoms with van der Waals surface area (Å²) in [7, 11) is 0. The van der Waals surface area contributed by atoms with Gasteiger partial charge in [-0.2, -0.15) is 0 Å². The van der Waals surface area contributed by atoms with Gasteiger partial charge in [0, 0.05) is 19.1 Å². The average Bonchev–Trinajstić information content (AvgIpc) is 2.18. The highest BCUT2D eigenvalue weighted by molar-refractivity contribution is 5.31. The lowest BCUT2D eigenvalue weighted by Crippen LogP contribution is -2.36. The van der Waals surface area contributed by atoms with E-state index in [0.717, 1.165) is 19.6 Å². The summed E-state index contributed by atoms with van der Waals surface area (Å²) in [5.74, 6) is 0. The van der Waals surface area contributed by atoms with Crippen LogP contribution in [0.3, 0.4) is 0 Å². The Labute approximate surface area is 79.4 Å². The first kappa shape index (κ1) is 8.73. The minimum absolute atomic E-state index is 0.199. The summed E-state index contributed by atoms with van der Waals surface area (Å²) in [4.78, 5) is 2.38.